The third-order valence-corrected chi connectivity index (χ3v) is 2.19. The van der Waals surface area contributed by atoms with Crippen molar-refractivity contribution in [2.75, 3.05) is 40.3 Å². The molecular weight excluding hydrogens is 176 g/mol. The lowest BCUT2D eigenvalue weighted by Crippen LogP contribution is -2.35. The second-order valence-corrected chi connectivity index (χ2v) is 4.41. The second-order valence-electron chi connectivity index (χ2n) is 4.41. The van der Waals surface area contributed by atoms with Gasteiger partial charge < -0.3 is 15.0 Å². The summed E-state index contributed by atoms with van der Waals surface area (Å²) in [7, 11) is 3.89. The van der Waals surface area contributed by atoms with E-state index < -0.39 is 0 Å². The van der Waals surface area contributed by atoms with Crippen molar-refractivity contribution in [2.24, 2.45) is 5.92 Å². The van der Waals surface area contributed by atoms with E-state index in [2.05, 4.69) is 38.0 Å². The van der Waals surface area contributed by atoms with Crippen molar-refractivity contribution in [3.63, 3.8) is 0 Å². The summed E-state index contributed by atoms with van der Waals surface area (Å²) in [5.41, 5.74) is 0. The van der Waals surface area contributed by atoms with Crippen LogP contribution in [0.25, 0.3) is 0 Å². The van der Waals surface area contributed by atoms with Crippen LogP contribution in [-0.2, 0) is 4.74 Å². The Morgan fingerprint density at radius 1 is 1.29 bits per heavy atom. The highest BCUT2D eigenvalue weighted by Crippen LogP contribution is 1.92. The van der Waals surface area contributed by atoms with Crippen molar-refractivity contribution < 1.29 is 4.74 Å². The molecule has 3 nitrogen and oxygen atoms in total. The summed E-state index contributed by atoms with van der Waals surface area (Å²) in [5.74, 6) is 0.734. The molecule has 0 bridgehead atoms. The zero-order chi connectivity index (χ0) is 11.0. The van der Waals surface area contributed by atoms with Crippen LogP contribution in [0.15, 0.2) is 0 Å². The summed E-state index contributed by atoms with van der Waals surface area (Å²) in [6.45, 7) is 10.8. The zero-order valence-electron chi connectivity index (χ0n) is 10.3. The van der Waals surface area contributed by atoms with E-state index in [4.69, 9.17) is 4.74 Å². The lowest BCUT2D eigenvalue weighted by Gasteiger charge is -2.20. The summed E-state index contributed by atoms with van der Waals surface area (Å²) in [4.78, 5) is 2.29. The molecule has 0 aliphatic carbocycles. The number of nitrogens with one attached hydrogen (secondary N) is 1. The molecule has 3 heteroatoms. The van der Waals surface area contributed by atoms with Gasteiger partial charge in [0.15, 0.2) is 0 Å². The van der Waals surface area contributed by atoms with Gasteiger partial charge in [0.2, 0.25) is 0 Å². The number of methoxy groups -OCH3 is 1. The first kappa shape index (κ1) is 13.9. The van der Waals surface area contributed by atoms with Gasteiger partial charge in [-0.2, -0.15) is 0 Å². The first-order valence-electron chi connectivity index (χ1n) is 5.48. The number of hydrogen-bond acceptors (Lipinski definition) is 3. The maximum absolute atomic E-state index is 5.20. The Morgan fingerprint density at radius 2 is 1.93 bits per heavy atom. The molecule has 0 saturated heterocycles. The fourth-order valence-electron chi connectivity index (χ4n) is 1.27. The lowest BCUT2D eigenvalue weighted by atomic mass is 10.2. The number of hydrogen-bond donors (Lipinski definition) is 1. The smallest absolute Gasteiger partial charge is 0.0670 e. The molecule has 0 aliphatic rings. The maximum atomic E-state index is 5.20. The Balaban J connectivity index is 3.30. The van der Waals surface area contributed by atoms with E-state index in [1.54, 1.807) is 7.11 Å². The molecule has 0 aliphatic heterocycles. The van der Waals surface area contributed by atoms with Crippen LogP contribution in [0.2, 0.25) is 0 Å². The van der Waals surface area contributed by atoms with Gasteiger partial charge in [-0.05, 0) is 26.4 Å². The fourth-order valence-corrected chi connectivity index (χ4v) is 1.27. The molecule has 1 unspecified atom stereocenters. The average Bonchev–Trinajstić information content (AvgIpc) is 2.12. The van der Waals surface area contributed by atoms with Crippen molar-refractivity contribution in [2.45, 2.75) is 26.9 Å². The van der Waals surface area contributed by atoms with Crippen LogP contribution < -0.4 is 5.32 Å². The van der Waals surface area contributed by atoms with Crippen LogP contribution in [0.3, 0.4) is 0 Å². The highest BCUT2D eigenvalue weighted by Gasteiger charge is 2.04. The minimum Gasteiger partial charge on any atom is -0.380 e. The van der Waals surface area contributed by atoms with Crippen molar-refractivity contribution >= 4 is 0 Å². The van der Waals surface area contributed by atoms with Crippen LogP contribution in [-0.4, -0.2) is 51.3 Å². The first-order chi connectivity index (χ1) is 6.56. The van der Waals surface area contributed by atoms with Gasteiger partial charge in [-0.1, -0.05) is 13.8 Å². The van der Waals surface area contributed by atoms with Gasteiger partial charge in [0.05, 0.1) is 6.10 Å². The molecule has 1 N–H and O–H groups in total. The number of rotatable bonds is 8. The van der Waals surface area contributed by atoms with Crippen LogP contribution >= 0.6 is 0 Å². The largest absolute Gasteiger partial charge is 0.380 e. The van der Waals surface area contributed by atoms with Gasteiger partial charge in [-0.15, -0.1) is 0 Å². The predicted molar refractivity (Wildman–Crippen MR) is 61.7 cm³/mol. The maximum Gasteiger partial charge on any atom is 0.0670 e. The van der Waals surface area contributed by atoms with Crippen molar-refractivity contribution in [3.05, 3.63) is 0 Å². The van der Waals surface area contributed by atoms with E-state index >= 15 is 0 Å². The molecule has 0 aromatic rings. The van der Waals surface area contributed by atoms with E-state index in [1.165, 1.54) is 0 Å². The lowest BCUT2D eigenvalue weighted by molar-refractivity contribution is 0.0860. The Bertz CT molecular complexity index is 128. The fraction of sp³-hybridized carbons (Fsp3) is 1.00. The quantitative estimate of drug-likeness (QED) is 0.599. The minimum absolute atomic E-state index is 0.324. The van der Waals surface area contributed by atoms with Crippen LogP contribution in [0.1, 0.15) is 20.8 Å². The Kier molecular flexibility index (Phi) is 8.14. The Labute approximate surface area is 88.8 Å². The molecule has 0 amide bonds. The molecular formula is C11H26N2O. The van der Waals surface area contributed by atoms with E-state index in [-0.39, 0.29) is 0 Å². The van der Waals surface area contributed by atoms with E-state index in [0.717, 1.165) is 32.1 Å². The third-order valence-electron chi connectivity index (χ3n) is 2.19. The normalized spacial score (nSPS) is 13.9. The van der Waals surface area contributed by atoms with Gasteiger partial charge in [-0.25, -0.2) is 0 Å². The highest BCUT2D eigenvalue weighted by atomic mass is 16.5. The molecule has 0 aromatic carbocycles. The molecule has 0 saturated carbocycles. The number of nitrogens with zero attached hydrogens (tertiary/aromatic N) is 1. The third kappa shape index (κ3) is 8.48. The first-order valence-corrected chi connectivity index (χ1v) is 5.48. The average molecular weight is 202 g/mol. The molecule has 0 radical (unpaired) electrons. The highest BCUT2D eigenvalue weighted by molar-refractivity contribution is 4.60. The minimum atomic E-state index is 0.324. The van der Waals surface area contributed by atoms with Crippen molar-refractivity contribution in [1.29, 1.82) is 0 Å². The zero-order valence-corrected chi connectivity index (χ0v) is 10.3. The van der Waals surface area contributed by atoms with E-state index in [9.17, 15) is 0 Å². The summed E-state index contributed by atoms with van der Waals surface area (Å²) in [6, 6.07) is 0. The second kappa shape index (κ2) is 8.21. The van der Waals surface area contributed by atoms with Gasteiger partial charge in [0.1, 0.15) is 0 Å². The van der Waals surface area contributed by atoms with E-state index in [0.29, 0.717) is 6.10 Å². The summed E-state index contributed by atoms with van der Waals surface area (Å²) in [5, 5.41) is 3.42. The van der Waals surface area contributed by atoms with Gasteiger partial charge in [0, 0.05) is 26.7 Å². The SMILES string of the molecule is COC(C)CN(C)CCNCC(C)C. The van der Waals surface area contributed by atoms with Crippen molar-refractivity contribution in [1.82, 2.24) is 10.2 Å². The number of ether oxygens (including phenoxy) is 1. The van der Waals surface area contributed by atoms with Crippen LogP contribution in [0.4, 0.5) is 0 Å². The van der Waals surface area contributed by atoms with Crippen LogP contribution in [0.5, 0.6) is 0 Å². The molecule has 0 spiro atoms. The van der Waals surface area contributed by atoms with Gasteiger partial charge in [-0.3, -0.25) is 0 Å². The molecule has 1 atom stereocenters. The molecule has 0 heterocycles. The van der Waals surface area contributed by atoms with Gasteiger partial charge in [0.25, 0.3) is 0 Å². The topological polar surface area (TPSA) is 24.5 Å². The summed E-state index contributed by atoms with van der Waals surface area (Å²) < 4.78 is 5.20. The van der Waals surface area contributed by atoms with Crippen LogP contribution in [0, 0.1) is 5.92 Å². The Morgan fingerprint density at radius 3 is 2.43 bits per heavy atom. The molecule has 14 heavy (non-hydrogen) atoms. The molecule has 0 aromatic heterocycles. The molecule has 0 rings (SSSR count). The molecule has 0 fully saturated rings. The molecule has 86 valence electrons. The van der Waals surface area contributed by atoms with Gasteiger partial charge >= 0.3 is 0 Å². The summed E-state index contributed by atoms with van der Waals surface area (Å²) in [6.07, 6.45) is 0.324. The van der Waals surface area contributed by atoms with Crippen molar-refractivity contribution in [3.8, 4) is 0 Å². The number of likely N-dealkylation sites (N-methyl/N-ethyl adjacent to an activating group) is 1. The Hall–Kier alpha value is -0.120. The van der Waals surface area contributed by atoms with E-state index in [1.807, 2.05) is 0 Å². The summed E-state index contributed by atoms with van der Waals surface area (Å²) >= 11 is 0. The predicted octanol–water partition coefficient (Wildman–Crippen LogP) is 1.20. The standard InChI is InChI=1S/C11H26N2O/c1-10(2)8-12-6-7-13(4)9-11(3)14-5/h10-12H,6-9H2,1-5H3. The monoisotopic (exact) mass is 202 g/mol.